The highest BCUT2D eigenvalue weighted by atomic mass is 19.4. The Balaban J connectivity index is 2.22. The number of H-pyrrole nitrogens is 2. The minimum atomic E-state index is -4.24. The first-order valence-corrected chi connectivity index (χ1v) is 5.08. The van der Waals surface area contributed by atoms with Crippen LogP contribution in [0.3, 0.4) is 0 Å². The normalized spacial score (nSPS) is 12.0. The van der Waals surface area contributed by atoms with Crippen LogP contribution in [0.2, 0.25) is 0 Å². The van der Waals surface area contributed by atoms with Gasteiger partial charge in [0.25, 0.3) is 5.56 Å². The van der Waals surface area contributed by atoms with Gasteiger partial charge in [-0.3, -0.25) is 14.9 Å². The first-order valence-electron chi connectivity index (χ1n) is 5.08. The maximum atomic E-state index is 12.1. The number of aromatic nitrogens is 4. The molecule has 2 N–H and O–H groups in total. The molecule has 6 nitrogen and oxygen atoms in total. The van der Waals surface area contributed by atoms with Crippen LogP contribution in [0.5, 0.6) is 0 Å². The van der Waals surface area contributed by atoms with Crippen LogP contribution in [-0.2, 0) is 0 Å². The lowest BCUT2D eigenvalue weighted by atomic mass is 10.4. The molecule has 0 aliphatic carbocycles. The molecule has 0 aliphatic heterocycles. The molecule has 2 heterocycles. The van der Waals surface area contributed by atoms with Crippen molar-refractivity contribution in [2.45, 2.75) is 12.6 Å². The SMILES string of the molecule is CN(CCC(F)(F)F)c1nc2[nH]ncc2c(=O)[nH]1. The van der Waals surface area contributed by atoms with Crippen LogP contribution < -0.4 is 10.5 Å². The van der Waals surface area contributed by atoms with Gasteiger partial charge in [-0.25, -0.2) is 0 Å². The Morgan fingerprint density at radius 2 is 2.17 bits per heavy atom. The molecule has 2 aromatic rings. The molecule has 0 fully saturated rings. The predicted molar refractivity (Wildman–Crippen MR) is 58.5 cm³/mol. The molecule has 0 unspecified atom stereocenters. The summed E-state index contributed by atoms with van der Waals surface area (Å²) in [6, 6.07) is 0. The van der Waals surface area contributed by atoms with Gasteiger partial charge in [0.15, 0.2) is 5.65 Å². The minimum Gasteiger partial charge on any atom is -0.345 e. The second kappa shape index (κ2) is 4.31. The highest BCUT2D eigenvalue weighted by molar-refractivity contribution is 5.73. The van der Waals surface area contributed by atoms with E-state index in [-0.39, 0.29) is 23.5 Å². The van der Waals surface area contributed by atoms with Crippen LogP contribution in [0.25, 0.3) is 11.0 Å². The van der Waals surface area contributed by atoms with E-state index in [4.69, 9.17) is 0 Å². The predicted octanol–water partition coefficient (Wildman–Crippen LogP) is 1.03. The lowest BCUT2D eigenvalue weighted by molar-refractivity contribution is -0.132. The zero-order chi connectivity index (χ0) is 13.3. The molecule has 0 radical (unpaired) electrons. The van der Waals surface area contributed by atoms with Crippen molar-refractivity contribution in [2.24, 2.45) is 0 Å². The van der Waals surface area contributed by atoms with Gasteiger partial charge in [0, 0.05) is 13.6 Å². The standard InChI is InChI=1S/C9H10F3N5O/c1-17(3-2-9(10,11)12)8-14-6-5(4-13-16-6)7(18)15-8/h4H,2-3H2,1H3,(H2,13,14,15,16,18). The lowest BCUT2D eigenvalue weighted by Crippen LogP contribution is -2.27. The van der Waals surface area contributed by atoms with Gasteiger partial charge in [0.1, 0.15) is 5.39 Å². The van der Waals surface area contributed by atoms with E-state index in [2.05, 4.69) is 20.2 Å². The van der Waals surface area contributed by atoms with Crippen molar-refractivity contribution in [1.82, 2.24) is 20.2 Å². The Morgan fingerprint density at radius 1 is 1.44 bits per heavy atom. The average Bonchev–Trinajstić information content (AvgIpc) is 2.73. The number of halogens is 3. The molecule has 0 saturated carbocycles. The Labute approximate surface area is 98.8 Å². The van der Waals surface area contributed by atoms with Crippen molar-refractivity contribution in [3.63, 3.8) is 0 Å². The number of nitrogens with one attached hydrogen (secondary N) is 2. The van der Waals surface area contributed by atoms with Gasteiger partial charge in [-0.15, -0.1) is 0 Å². The largest absolute Gasteiger partial charge is 0.390 e. The Hall–Kier alpha value is -2.06. The fraction of sp³-hybridized carbons (Fsp3) is 0.444. The Kier molecular flexibility index (Phi) is 2.97. The summed E-state index contributed by atoms with van der Waals surface area (Å²) >= 11 is 0. The second-order valence-electron chi connectivity index (χ2n) is 3.81. The number of nitrogens with zero attached hydrogens (tertiary/aromatic N) is 3. The third kappa shape index (κ3) is 2.60. The summed E-state index contributed by atoms with van der Waals surface area (Å²) in [5.41, 5.74) is -0.199. The smallest absolute Gasteiger partial charge is 0.345 e. The van der Waals surface area contributed by atoms with E-state index >= 15 is 0 Å². The summed E-state index contributed by atoms with van der Waals surface area (Å²) < 4.78 is 36.2. The molecule has 0 atom stereocenters. The summed E-state index contributed by atoms with van der Waals surface area (Å²) in [7, 11) is 1.42. The Morgan fingerprint density at radius 3 is 2.83 bits per heavy atom. The molecule has 2 rings (SSSR count). The fourth-order valence-electron chi connectivity index (χ4n) is 1.41. The average molecular weight is 261 g/mol. The fourth-order valence-corrected chi connectivity index (χ4v) is 1.41. The minimum absolute atomic E-state index is 0.0704. The van der Waals surface area contributed by atoms with Crippen molar-refractivity contribution in [3.8, 4) is 0 Å². The Bertz CT molecular complexity index is 602. The van der Waals surface area contributed by atoms with E-state index in [0.29, 0.717) is 0 Å². The van der Waals surface area contributed by atoms with Crippen molar-refractivity contribution in [1.29, 1.82) is 0 Å². The number of alkyl halides is 3. The van der Waals surface area contributed by atoms with E-state index in [1.807, 2.05) is 0 Å². The van der Waals surface area contributed by atoms with E-state index in [1.54, 1.807) is 0 Å². The van der Waals surface area contributed by atoms with Gasteiger partial charge >= 0.3 is 6.18 Å². The van der Waals surface area contributed by atoms with Gasteiger partial charge in [-0.1, -0.05) is 0 Å². The first-order chi connectivity index (χ1) is 8.37. The van der Waals surface area contributed by atoms with Crippen LogP contribution in [0.4, 0.5) is 19.1 Å². The third-order valence-corrected chi connectivity index (χ3v) is 2.40. The van der Waals surface area contributed by atoms with Crippen molar-refractivity contribution in [3.05, 3.63) is 16.6 Å². The van der Waals surface area contributed by atoms with Crippen LogP contribution in [0.1, 0.15) is 6.42 Å². The topological polar surface area (TPSA) is 77.7 Å². The zero-order valence-electron chi connectivity index (χ0n) is 9.38. The van der Waals surface area contributed by atoms with Crippen LogP contribution >= 0.6 is 0 Å². The summed E-state index contributed by atoms with van der Waals surface area (Å²) in [5.74, 6) is 0.0704. The van der Waals surface area contributed by atoms with E-state index in [1.165, 1.54) is 18.1 Å². The van der Waals surface area contributed by atoms with Gasteiger partial charge in [0.2, 0.25) is 5.95 Å². The second-order valence-corrected chi connectivity index (χ2v) is 3.81. The highest BCUT2D eigenvalue weighted by Crippen LogP contribution is 2.20. The highest BCUT2D eigenvalue weighted by Gasteiger charge is 2.27. The number of hydrogen-bond acceptors (Lipinski definition) is 4. The molecule has 0 amide bonds. The molecular formula is C9H10F3N5O. The van der Waals surface area contributed by atoms with Crippen molar-refractivity contribution < 1.29 is 13.2 Å². The molecule has 0 saturated heterocycles. The number of hydrogen-bond donors (Lipinski definition) is 2. The quantitative estimate of drug-likeness (QED) is 0.865. The third-order valence-electron chi connectivity index (χ3n) is 2.40. The van der Waals surface area contributed by atoms with Gasteiger partial charge in [-0.05, 0) is 0 Å². The molecule has 18 heavy (non-hydrogen) atoms. The monoisotopic (exact) mass is 261 g/mol. The van der Waals surface area contributed by atoms with Gasteiger partial charge in [0.05, 0.1) is 12.6 Å². The van der Waals surface area contributed by atoms with Gasteiger partial charge < -0.3 is 4.90 Å². The van der Waals surface area contributed by atoms with Crippen LogP contribution in [-0.4, -0.2) is 39.9 Å². The molecule has 2 aromatic heterocycles. The van der Waals surface area contributed by atoms with E-state index in [0.717, 1.165) is 0 Å². The molecule has 0 aliphatic rings. The molecular weight excluding hydrogens is 251 g/mol. The summed E-state index contributed by atoms with van der Waals surface area (Å²) in [6.07, 6.45) is -3.92. The molecule has 0 spiro atoms. The summed E-state index contributed by atoms with van der Waals surface area (Å²) in [5, 5.41) is 6.41. The van der Waals surface area contributed by atoms with E-state index in [9.17, 15) is 18.0 Å². The number of anilines is 1. The number of rotatable bonds is 3. The molecule has 9 heteroatoms. The maximum absolute atomic E-state index is 12.1. The zero-order valence-corrected chi connectivity index (χ0v) is 9.38. The van der Waals surface area contributed by atoms with Crippen LogP contribution in [0.15, 0.2) is 11.0 Å². The maximum Gasteiger partial charge on any atom is 0.390 e. The summed E-state index contributed by atoms with van der Waals surface area (Å²) in [4.78, 5) is 19.2. The van der Waals surface area contributed by atoms with Crippen molar-refractivity contribution >= 4 is 17.0 Å². The lowest BCUT2D eigenvalue weighted by Gasteiger charge is -2.18. The number of fused-ring (bicyclic) bond motifs is 1. The van der Waals surface area contributed by atoms with Crippen LogP contribution in [0, 0.1) is 0 Å². The van der Waals surface area contributed by atoms with Gasteiger partial charge in [-0.2, -0.15) is 23.3 Å². The first kappa shape index (κ1) is 12.4. The van der Waals surface area contributed by atoms with E-state index < -0.39 is 18.2 Å². The molecule has 0 bridgehead atoms. The molecule has 0 aromatic carbocycles. The number of aromatic amines is 2. The summed E-state index contributed by atoms with van der Waals surface area (Å²) in [6.45, 7) is -0.286. The molecule has 98 valence electrons. The van der Waals surface area contributed by atoms with Crippen molar-refractivity contribution in [2.75, 3.05) is 18.5 Å².